The van der Waals surface area contributed by atoms with Crippen molar-refractivity contribution >= 4 is 17.5 Å². The van der Waals surface area contributed by atoms with Crippen molar-refractivity contribution in [2.24, 2.45) is 0 Å². The number of carbonyl (C=O) groups is 1. The SMILES string of the molecule is COCC(=O)N(Cc1cccn1Cc1cccc(Cl)c1)C(C)(C)C. The second kappa shape index (κ2) is 7.86. The highest BCUT2D eigenvalue weighted by Crippen LogP contribution is 2.19. The molecule has 0 saturated carbocycles. The number of amides is 1. The van der Waals surface area contributed by atoms with Crippen LogP contribution in [0.5, 0.6) is 0 Å². The third-order valence-electron chi connectivity index (χ3n) is 3.86. The van der Waals surface area contributed by atoms with Crippen molar-refractivity contribution in [2.75, 3.05) is 13.7 Å². The van der Waals surface area contributed by atoms with Gasteiger partial charge >= 0.3 is 0 Å². The lowest BCUT2D eigenvalue weighted by molar-refractivity contribution is -0.140. The summed E-state index contributed by atoms with van der Waals surface area (Å²) in [6, 6.07) is 11.9. The van der Waals surface area contributed by atoms with Gasteiger partial charge in [0.15, 0.2) is 0 Å². The highest BCUT2D eigenvalue weighted by atomic mass is 35.5. The van der Waals surface area contributed by atoms with E-state index in [4.69, 9.17) is 16.3 Å². The van der Waals surface area contributed by atoms with Crippen LogP contribution in [0.4, 0.5) is 0 Å². The molecule has 0 saturated heterocycles. The molecule has 2 aromatic rings. The molecule has 130 valence electrons. The van der Waals surface area contributed by atoms with E-state index in [-0.39, 0.29) is 18.1 Å². The predicted octanol–water partition coefficient (Wildman–Crippen LogP) is 3.96. The normalized spacial score (nSPS) is 11.5. The molecule has 2 rings (SSSR count). The van der Waals surface area contributed by atoms with Crippen molar-refractivity contribution in [2.45, 2.75) is 39.4 Å². The van der Waals surface area contributed by atoms with Crippen LogP contribution in [-0.4, -0.2) is 34.6 Å². The second-order valence-corrected chi connectivity index (χ2v) is 7.28. The number of carbonyl (C=O) groups excluding carboxylic acids is 1. The Morgan fingerprint density at radius 2 is 2.00 bits per heavy atom. The molecule has 0 fully saturated rings. The fourth-order valence-corrected chi connectivity index (χ4v) is 2.85. The van der Waals surface area contributed by atoms with Crippen LogP contribution in [0.25, 0.3) is 0 Å². The van der Waals surface area contributed by atoms with Gasteiger partial charge in [-0.15, -0.1) is 0 Å². The molecule has 1 aromatic carbocycles. The first kappa shape index (κ1) is 18.6. The Morgan fingerprint density at radius 3 is 2.62 bits per heavy atom. The maximum absolute atomic E-state index is 12.4. The Labute approximate surface area is 149 Å². The summed E-state index contributed by atoms with van der Waals surface area (Å²) in [6.07, 6.45) is 2.03. The van der Waals surface area contributed by atoms with E-state index in [1.54, 1.807) is 7.11 Å². The summed E-state index contributed by atoms with van der Waals surface area (Å²) in [4.78, 5) is 14.3. The largest absolute Gasteiger partial charge is 0.375 e. The highest BCUT2D eigenvalue weighted by molar-refractivity contribution is 6.30. The molecule has 0 N–H and O–H groups in total. The smallest absolute Gasteiger partial charge is 0.249 e. The first-order valence-corrected chi connectivity index (χ1v) is 8.37. The molecule has 0 aliphatic heterocycles. The van der Waals surface area contributed by atoms with Crippen LogP contribution in [0.3, 0.4) is 0 Å². The molecule has 0 aliphatic rings. The summed E-state index contributed by atoms with van der Waals surface area (Å²) in [6.45, 7) is 7.45. The quantitative estimate of drug-likeness (QED) is 0.791. The summed E-state index contributed by atoms with van der Waals surface area (Å²) in [5, 5.41) is 0.729. The lowest BCUT2D eigenvalue weighted by atomic mass is 10.1. The van der Waals surface area contributed by atoms with Crippen LogP contribution in [0.2, 0.25) is 5.02 Å². The maximum Gasteiger partial charge on any atom is 0.249 e. The molecule has 1 heterocycles. The Kier molecular flexibility index (Phi) is 6.08. The zero-order valence-corrected chi connectivity index (χ0v) is 15.5. The van der Waals surface area contributed by atoms with Gasteiger partial charge in [-0.3, -0.25) is 4.79 Å². The molecular formula is C19H25ClN2O2. The van der Waals surface area contributed by atoms with Crippen molar-refractivity contribution < 1.29 is 9.53 Å². The second-order valence-electron chi connectivity index (χ2n) is 6.84. The average molecular weight is 349 g/mol. The van der Waals surface area contributed by atoms with E-state index in [1.807, 2.05) is 68.3 Å². The van der Waals surface area contributed by atoms with Gasteiger partial charge in [-0.25, -0.2) is 0 Å². The molecule has 0 unspecified atom stereocenters. The van der Waals surface area contributed by atoms with E-state index < -0.39 is 0 Å². The summed E-state index contributed by atoms with van der Waals surface area (Å²) >= 11 is 6.07. The lowest BCUT2D eigenvalue weighted by Crippen LogP contribution is -2.46. The average Bonchev–Trinajstić information content (AvgIpc) is 2.91. The van der Waals surface area contributed by atoms with E-state index >= 15 is 0 Å². The molecule has 0 atom stereocenters. The molecule has 0 spiro atoms. The van der Waals surface area contributed by atoms with Crippen molar-refractivity contribution in [3.05, 3.63) is 58.9 Å². The number of ether oxygens (including phenoxy) is 1. The minimum Gasteiger partial charge on any atom is -0.375 e. The Morgan fingerprint density at radius 1 is 1.25 bits per heavy atom. The first-order valence-electron chi connectivity index (χ1n) is 7.99. The standard InChI is InChI=1S/C19H25ClN2O2/c1-19(2,3)22(18(23)14-24-4)13-17-9-6-10-21(17)12-15-7-5-8-16(20)11-15/h5-11H,12-14H2,1-4H3. The summed E-state index contributed by atoms with van der Waals surface area (Å²) in [5.74, 6) is -0.0134. The fourth-order valence-electron chi connectivity index (χ4n) is 2.64. The zero-order chi connectivity index (χ0) is 17.7. The van der Waals surface area contributed by atoms with Gasteiger partial charge in [0.2, 0.25) is 5.91 Å². The Balaban J connectivity index is 2.20. The zero-order valence-electron chi connectivity index (χ0n) is 14.8. The Bertz CT molecular complexity index is 689. The number of hydrogen-bond donors (Lipinski definition) is 0. The maximum atomic E-state index is 12.4. The minimum absolute atomic E-state index is 0.0134. The molecule has 5 heteroatoms. The first-order chi connectivity index (χ1) is 11.3. The third-order valence-corrected chi connectivity index (χ3v) is 4.10. The van der Waals surface area contributed by atoms with E-state index in [1.165, 1.54) is 0 Å². The van der Waals surface area contributed by atoms with Gasteiger partial charge in [0.05, 0.1) is 6.54 Å². The molecule has 0 radical (unpaired) electrons. The molecular weight excluding hydrogens is 324 g/mol. The molecule has 24 heavy (non-hydrogen) atoms. The number of rotatable bonds is 6. The number of methoxy groups -OCH3 is 1. The van der Waals surface area contributed by atoms with Crippen LogP contribution < -0.4 is 0 Å². The number of nitrogens with zero attached hydrogens (tertiary/aromatic N) is 2. The van der Waals surface area contributed by atoms with Gasteiger partial charge in [-0.05, 0) is 50.6 Å². The predicted molar refractivity (Wildman–Crippen MR) is 97.2 cm³/mol. The summed E-state index contributed by atoms with van der Waals surface area (Å²) < 4.78 is 7.17. The van der Waals surface area contributed by atoms with Crippen molar-refractivity contribution in [3.8, 4) is 0 Å². The molecule has 0 bridgehead atoms. The van der Waals surface area contributed by atoms with Crippen molar-refractivity contribution in [3.63, 3.8) is 0 Å². The Hall–Kier alpha value is -1.78. The van der Waals surface area contributed by atoms with Gasteiger partial charge in [-0.1, -0.05) is 23.7 Å². The van der Waals surface area contributed by atoms with Gasteiger partial charge < -0.3 is 14.2 Å². The fraction of sp³-hybridized carbons (Fsp3) is 0.421. The summed E-state index contributed by atoms with van der Waals surface area (Å²) in [7, 11) is 1.54. The number of aromatic nitrogens is 1. The van der Waals surface area contributed by atoms with E-state index in [9.17, 15) is 4.79 Å². The van der Waals surface area contributed by atoms with Crippen LogP contribution in [-0.2, 0) is 22.6 Å². The van der Waals surface area contributed by atoms with E-state index in [0.717, 1.165) is 22.8 Å². The van der Waals surface area contributed by atoms with Crippen LogP contribution in [0.15, 0.2) is 42.6 Å². The molecule has 1 amide bonds. The number of benzene rings is 1. The van der Waals surface area contributed by atoms with Crippen LogP contribution >= 0.6 is 11.6 Å². The van der Waals surface area contributed by atoms with E-state index in [2.05, 4.69) is 4.57 Å². The lowest BCUT2D eigenvalue weighted by Gasteiger charge is -2.36. The van der Waals surface area contributed by atoms with Gasteiger partial charge in [0, 0.05) is 36.1 Å². The minimum atomic E-state index is -0.277. The monoisotopic (exact) mass is 348 g/mol. The third kappa shape index (κ3) is 4.86. The summed E-state index contributed by atoms with van der Waals surface area (Å²) in [5.41, 5.74) is 1.93. The van der Waals surface area contributed by atoms with Gasteiger partial charge in [-0.2, -0.15) is 0 Å². The number of hydrogen-bond acceptors (Lipinski definition) is 2. The molecule has 1 aromatic heterocycles. The number of halogens is 1. The van der Waals surface area contributed by atoms with Crippen molar-refractivity contribution in [1.82, 2.24) is 9.47 Å². The highest BCUT2D eigenvalue weighted by Gasteiger charge is 2.27. The van der Waals surface area contributed by atoms with Gasteiger partial charge in [0.25, 0.3) is 0 Å². The topological polar surface area (TPSA) is 34.5 Å². The molecule has 4 nitrogen and oxygen atoms in total. The van der Waals surface area contributed by atoms with Crippen molar-refractivity contribution in [1.29, 1.82) is 0 Å². The van der Waals surface area contributed by atoms with Crippen LogP contribution in [0.1, 0.15) is 32.0 Å². The van der Waals surface area contributed by atoms with Crippen LogP contribution in [0, 0.1) is 0 Å². The van der Waals surface area contributed by atoms with Gasteiger partial charge in [0.1, 0.15) is 6.61 Å². The van der Waals surface area contributed by atoms with E-state index in [0.29, 0.717) is 6.54 Å². The molecule has 0 aliphatic carbocycles.